The molecular weight excluding hydrogens is 336 g/mol. The van der Waals surface area contributed by atoms with Gasteiger partial charge in [0.25, 0.3) is 5.56 Å². The molecule has 8 heteroatoms. The van der Waals surface area contributed by atoms with Crippen molar-refractivity contribution < 1.29 is 9.53 Å². The number of H-pyrrole nitrogens is 1. The monoisotopic (exact) mass is 364 g/mol. The van der Waals surface area contributed by atoms with Crippen molar-refractivity contribution in [3.8, 4) is 0 Å². The first kappa shape index (κ1) is 18.8. The molecule has 0 spiro atoms. The molecule has 8 nitrogen and oxygen atoms in total. The third kappa shape index (κ3) is 4.62. The molecule has 0 bridgehead atoms. The van der Waals surface area contributed by atoms with Gasteiger partial charge in [-0.1, -0.05) is 0 Å². The predicted molar refractivity (Wildman–Crippen MR) is 97.1 cm³/mol. The molecule has 0 saturated carbocycles. The van der Waals surface area contributed by atoms with E-state index in [0.717, 1.165) is 39.0 Å². The van der Waals surface area contributed by atoms with Gasteiger partial charge in [-0.05, 0) is 26.7 Å². The highest BCUT2D eigenvalue weighted by atomic mass is 16.5. The van der Waals surface area contributed by atoms with Crippen molar-refractivity contribution >= 4 is 5.91 Å². The summed E-state index contributed by atoms with van der Waals surface area (Å²) in [4.78, 5) is 41.8. The van der Waals surface area contributed by atoms with Crippen LogP contribution in [0.25, 0.3) is 0 Å². The Kier molecular flexibility index (Phi) is 5.93. The fourth-order valence-corrected chi connectivity index (χ4v) is 3.99. The summed E-state index contributed by atoms with van der Waals surface area (Å²) in [7, 11) is 0. The number of rotatable bonds is 4. The summed E-state index contributed by atoms with van der Waals surface area (Å²) in [5.41, 5.74) is -0.897. The Morgan fingerprint density at radius 2 is 1.85 bits per heavy atom. The zero-order valence-electron chi connectivity index (χ0n) is 15.5. The van der Waals surface area contributed by atoms with Crippen molar-refractivity contribution in [3.63, 3.8) is 0 Å². The number of morpholine rings is 1. The van der Waals surface area contributed by atoms with Crippen LogP contribution in [0, 0.1) is 0 Å². The minimum Gasteiger partial charge on any atom is -0.373 e. The van der Waals surface area contributed by atoms with E-state index >= 15 is 0 Å². The lowest BCUT2D eigenvalue weighted by Crippen LogP contribution is -2.53. The number of carbonyl (C=O) groups is 1. The van der Waals surface area contributed by atoms with Gasteiger partial charge in [-0.15, -0.1) is 0 Å². The molecule has 2 saturated heterocycles. The zero-order chi connectivity index (χ0) is 18.7. The quantitative estimate of drug-likeness (QED) is 0.814. The molecule has 1 N–H and O–H groups in total. The average molecular weight is 364 g/mol. The van der Waals surface area contributed by atoms with Gasteiger partial charge in [-0.3, -0.25) is 19.5 Å². The molecule has 2 aliphatic rings. The second-order valence-corrected chi connectivity index (χ2v) is 7.38. The number of hydrogen-bond acceptors (Lipinski definition) is 5. The minimum absolute atomic E-state index is 0.0604. The van der Waals surface area contributed by atoms with Crippen LogP contribution in [0.4, 0.5) is 0 Å². The SMILES string of the molecule is C[C@@H]1CN(C2CCN(C(=O)CCn3ccc(=O)[nH]c3=O)CC2)C[C@H](C)O1. The highest BCUT2D eigenvalue weighted by molar-refractivity contribution is 5.76. The van der Waals surface area contributed by atoms with E-state index in [4.69, 9.17) is 4.74 Å². The molecule has 26 heavy (non-hydrogen) atoms. The standard InChI is InChI=1S/C18H28N4O4/c1-13-11-22(12-14(2)26-13)15-3-7-20(8-4-15)17(24)6-10-21-9-5-16(23)19-18(21)25/h5,9,13-15H,3-4,6-8,10-12H2,1-2H3,(H,19,23,25)/t13-,14+. The lowest BCUT2D eigenvalue weighted by atomic mass is 10.0. The van der Waals surface area contributed by atoms with Crippen molar-refractivity contribution in [2.75, 3.05) is 26.2 Å². The van der Waals surface area contributed by atoms with Crippen molar-refractivity contribution in [3.05, 3.63) is 33.1 Å². The largest absolute Gasteiger partial charge is 0.373 e. The van der Waals surface area contributed by atoms with E-state index in [0.29, 0.717) is 6.04 Å². The Morgan fingerprint density at radius 1 is 1.19 bits per heavy atom. The number of aromatic amines is 1. The van der Waals surface area contributed by atoms with E-state index in [1.54, 1.807) is 0 Å². The first-order valence-corrected chi connectivity index (χ1v) is 9.39. The Labute approximate surface area is 152 Å². The van der Waals surface area contributed by atoms with Crippen LogP contribution in [-0.2, 0) is 16.1 Å². The molecule has 1 amide bonds. The van der Waals surface area contributed by atoms with Crippen LogP contribution in [0.1, 0.15) is 33.1 Å². The topological polar surface area (TPSA) is 87.6 Å². The van der Waals surface area contributed by atoms with Gasteiger partial charge in [0.15, 0.2) is 0 Å². The molecule has 2 fully saturated rings. The second-order valence-electron chi connectivity index (χ2n) is 7.38. The molecule has 1 aromatic rings. The van der Waals surface area contributed by atoms with Gasteiger partial charge >= 0.3 is 5.69 Å². The Bertz CT molecular complexity index is 725. The van der Waals surface area contributed by atoms with Crippen molar-refractivity contribution in [1.82, 2.24) is 19.4 Å². The van der Waals surface area contributed by atoms with Crippen LogP contribution in [0.2, 0.25) is 0 Å². The van der Waals surface area contributed by atoms with E-state index in [1.807, 2.05) is 4.90 Å². The van der Waals surface area contributed by atoms with Crippen LogP contribution in [-0.4, -0.2) is 69.7 Å². The van der Waals surface area contributed by atoms with E-state index in [-0.39, 0.29) is 31.1 Å². The smallest absolute Gasteiger partial charge is 0.328 e. The van der Waals surface area contributed by atoms with Gasteiger partial charge in [0.1, 0.15) is 0 Å². The fourth-order valence-electron chi connectivity index (χ4n) is 3.99. The highest BCUT2D eigenvalue weighted by Crippen LogP contribution is 2.21. The molecule has 0 aliphatic carbocycles. The van der Waals surface area contributed by atoms with Crippen molar-refractivity contribution in [2.45, 2.75) is 57.9 Å². The second kappa shape index (κ2) is 8.18. The maximum atomic E-state index is 12.4. The number of aromatic nitrogens is 2. The van der Waals surface area contributed by atoms with Gasteiger partial charge in [0.05, 0.1) is 12.2 Å². The van der Waals surface area contributed by atoms with Gasteiger partial charge in [0.2, 0.25) is 5.91 Å². The van der Waals surface area contributed by atoms with Gasteiger partial charge in [0, 0.05) is 57.4 Å². The first-order valence-electron chi connectivity index (χ1n) is 9.39. The summed E-state index contributed by atoms with van der Waals surface area (Å²) in [6, 6.07) is 1.80. The van der Waals surface area contributed by atoms with Gasteiger partial charge < -0.3 is 14.2 Å². The molecule has 144 valence electrons. The molecule has 0 unspecified atom stereocenters. The number of nitrogens with zero attached hydrogens (tertiary/aromatic N) is 3. The number of hydrogen-bond donors (Lipinski definition) is 1. The lowest BCUT2D eigenvalue weighted by molar-refractivity contribution is -0.134. The molecule has 2 aliphatic heterocycles. The normalized spacial score (nSPS) is 25.4. The number of amides is 1. The molecule has 3 rings (SSSR count). The predicted octanol–water partition coefficient (Wildman–Crippen LogP) is 0.0269. The average Bonchev–Trinajstić information content (AvgIpc) is 2.60. The van der Waals surface area contributed by atoms with E-state index in [1.165, 1.54) is 16.8 Å². The molecule has 0 radical (unpaired) electrons. The first-order chi connectivity index (χ1) is 12.4. The summed E-state index contributed by atoms with van der Waals surface area (Å²) in [5, 5.41) is 0. The van der Waals surface area contributed by atoms with E-state index < -0.39 is 11.2 Å². The number of aryl methyl sites for hydroxylation is 1. The molecule has 2 atom stereocenters. The Morgan fingerprint density at radius 3 is 2.46 bits per heavy atom. The van der Waals surface area contributed by atoms with Gasteiger partial charge in [-0.25, -0.2) is 4.79 Å². The molecule has 0 aromatic carbocycles. The molecular formula is C18H28N4O4. The van der Waals surface area contributed by atoms with Crippen LogP contribution in [0.3, 0.4) is 0 Å². The Hall–Kier alpha value is -1.93. The Balaban J connectivity index is 1.47. The van der Waals surface area contributed by atoms with Crippen molar-refractivity contribution in [1.29, 1.82) is 0 Å². The molecule has 3 heterocycles. The lowest BCUT2D eigenvalue weighted by Gasteiger charge is -2.43. The minimum atomic E-state index is -0.473. The number of likely N-dealkylation sites (tertiary alicyclic amines) is 1. The third-order valence-corrected chi connectivity index (χ3v) is 5.24. The molecule has 1 aromatic heterocycles. The number of nitrogens with one attached hydrogen (secondary N) is 1. The number of ether oxygens (including phenoxy) is 1. The maximum Gasteiger partial charge on any atom is 0.328 e. The summed E-state index contributed by atoms with van der Waals surface area (Å²) in [6.45, 7) is 7.93. The van der Waals surface area contributed by atoms with Crippen LogP contribution in [0.5, 0.6) is 0 Å². The van der Waals surface area contributed by atoms with E-state index in [2.05, 4.69) is 23.7 Å². The third-order valence-electron chi connectivity index (χ3n) is 5.24. The summed E-state index contributed by atoms with van der Waals surface area (Å²) >= 11 is 0. The van der Waals surface area contributed by atoms with Crippen LogP contribution in [0.15, 0.2) is 21.9 Å². The van der Waals surface area contributed by atoms with Gasteiger partial charge in [-0.2, -0.15) is 0 Å². The maximum absolute atomic E-state index is 12.4. The van der Waals surface area contributed by atoms with Crippen molar-refractivity contribution in [2.24, 2.45) is 0 Å². The summed E-state index contributed by atoms with van der Waals surface area (Å²) < 4.78 is 7.17. The fraction of sp³-hybridized carbons (Fsp3) is 0.722. The van der Waals surface area contributed by atoms with E-state index in [9.17, 15) is 14.4 Å². The summed E-state index contributed by atoms with van der Waals surface area (Å²) in [6.07, 6.45) is 4.17. The van der Waals surface area contributed by atoms with Crippen LogP contribution >= 0.6 is 0 Å². The number of piperidine rings is 1. The number of carbonyl (C=O) groups excluding carboxylic acids is 1. The highest BCUT2D eigenvalue weighted by Gasteiger charge is 2.31. The summed E-state index contributed by atoms with van der Waals surface area (Å²) in [5.74, 6) is 0.0604. The zero-order valence-corrected chi connectivity index (χ0v) is 15.5. The van der Waals surface area contributed by atoms with Crippen LogP contribution < -0.4 is 11.2 Å².